The number of rotatable bonds is 4. The third-order valence-electron chi connectivity index (χ3n) is 4.89. The maximum Gasteiger partial charge on any atom is 0.249 e. The highest BCUT2D eigenvalue weighted by molar-refractivity contribution is 7.91. The van der Waals surface area contributed by atoms with Crippen LogP contribution in [-0.4, -0.2) is 19.9 Å². The van der Waals surface area contributed by atoms with Crippen molar-refractivity contribution in [3.63, 3.8) is 0 Å². The maximum atomic E-state index is 11.3. The molecule has 0 bridgehead atoms. The van der Waals surface area contributed by atoms with Crippen LogP contribution in [0, 0.1) is 5.92 Å². The Hall–Kier alpha value is -1.44. The fourth-order valence-electron chi connectivity index (χ4n) is 3.68. The van der Waals surface area contributed by atoms with Crippen molar-refractivity contribution in [3.8, 4) is 0 Å². The number of sulfonamides is 1. The van der Waals surface area contributed by atoms with E-state index in [0.717, 1.165) is 17.9 Å². The van der Waals surface area contributed by atoms with Crippen LogP contribution in [0.1, 0.15) is 24.0 Å². The highest BCUT2D eigenvalue weighted by Crippen LogP contribution is 2.61. The molecule has 1 heterocycles. The predicted molar refractivity (Wildman–Crippen MR) is 86.5 cm³/mol. The standard InChI is InChI=1S/C15H17N3O2S2/c16-22(19,20)13-9-18-14(21-13)17-8-11-7-15(11)6-5-10-3-1-2-4-12(10)15/h1-4,9,11H,5-8H2,(H,17,18)(H2,16,19,20)/t11-,15+/m0/s1. The Bertz CT molecular complexity index is 831. The molecule has 1 spiro atoms. The van der Waals surface area contributed by atoms with Crippen molar-refractivity contribution in [2.75, 3.05) is 11.9 Å². The lowest BCUT2D eigenvalue weighted by atomic mass is 9.95. The second-order valence-electron chi connectivity index (χ2n) is 6.12. The van der Waals surface area contributed by atoms with E-state index in [1.807, 2.05) is 0 Å². The Morgan fingerprint density at radius 1 is 1.41 bits per heavy atom. The number of aryl methyl sites for hydroxylation is 1. The Balaban J connectivity index is 1.44. The number of fused-ring (bicyclic) bond motifs is 2. The average Bonchev–Trinajstić information content (AvgIpc) is 2.84. The molecule has 22 heavy (non-hydrogen) atoms. The molecule has 2 aliphatic rings. The highest BCUT2D eigenvalue weighted by atomic mass is 32.2. The van der Waals surface area contributed by atoms with Crippen molar-refractivity contribution < 1.29 is 8.42 Å². The summed E-state index contributed by atoms with van der Waals surface area (Å²) in [5.41, 5.74) is 3.32. The van der Waals surface area contributed by atoms with Gasteiger partial charge in [0.2, 0.25) is 10.0 Å². The monoisotopic (exact) mass is 335 g/mol. The first-order chi connectivity index (χ1) is 10.5. The maximum absolute atomic E-state index is 11.3. The summed E-state index contributed by atoms with van der Waals surface area (Å²) < 4.78 is 22.6. The van der Waals surface area contributed by atoms with Gasteiger partial charge in [0.15, 0.2) is 9.34 Å². The first kappa shape index (κ1) is 14.2. The Morgan fingerprint density at radius 3 is 3.00 bits per heavy atom. The van der Waals surface area contributed by atoms with Crippen molar-refractivity contribution in [1.29, 1.82) is 0 Å². The van der Waals surface area contributed by atoms with Crippen molar-refractivity contribution in [2.45, 2.75) is 28.9 Å². The largest absolute Gasteiger partial charge is 0.361 e. The Kier molecular flexibility index (Phi) is 3.08. The Morgan fingerprint density at radius 2 is 2.23 bits per heavy atom. The second-order valence-corrected chi connectivity index (χ2v) is 8.94. The van der Waals surface area contributed by atoms with Gasteiger partial charge in [-0.25, -0.2) is 18.5 Å². The van der Waals surface area contributed by atoms with Crippen LogP contribution in [0.4, 0.5) is 5.13 Å². The van der Waals surface area contributed by atoms with Crippen molar-refractivity contribution in [2.24, 2.45) is 11.1 Å². The lowest BCUT2D eigenvalue weighted by Crippen LogP contribution is -2.12. The van der Waals surface area contributed by atoms with Gasteiger partial charge in [-0.2, -0.15) is 0 Å². The van der Waals surface area contributed by atoms with E-state index < -0.39 is 10.0 Å². The molecule has 2 atom stereocenters. The van der Waals surface area contributed by atoms with Crippen LogP contribution in [0.5, 0.6) is 0 Å². The van der Waals surface area contributed by atoms with Gasteiger partial charge in [0.05, 0.1) is 6.20 Å². The zero-order valence-electron chi connectivity index (χ0n) is 12.0. The molecule has 4 rings (SSSR count). The van der Waals surface area contributed by atoms with E-state index in [0.29, 0.717) is 16.5 Å². The average molecular weight is 335 g/mol. The number of nitrogens with two attached hydrogens (primary N) is 1. The molecule has 0 aliphatic heterocycles. The van der Waals surface area contributed by atoms with Crippen LogP contribution in [0.25, 0.3) is 0 Å². The predicted octanol–water partition coefficient (Wildman–Crippen LogP) is 2.11. The minimum Gasteiger partial charge on any atom is -0.361 e. The van der Waals surface area contributed by atoms with Crippen LogP contribution in [-0.2, 0) is 21.9 Å². The molecule has 0 amide bonds. The van der Waals surface area contributed by atoms with Gasteiger partial charge in [-0.1, -0.05) is 35.6 Å². The number of hydrogen-bond acceptors (Lipinski definition) is 5. The van der Waals surface area contributed by atoms with Gasteiger partial charge >= 0.3 is 0 Å². The molecule has 2 aliphatic carbocycles. The highest BCUT2D eigenvalue weighted by Gasteiger charge is 2.57. The van der Waals surface area contributed by atoms with Crippen molar-refractivity contribution >= 4 is 26.5 Å². The molecule has 0 saturated heterocycles. The first-order valence-corrected chi connectivity index (χ1v) is 9.66. The lowest BCUT2D eigenvalue weighted by molar-refractivity contribution is 0.599. The number of aromatic nitrogens is 1. The molecule has 1 aromatic heterocycles. The molecule has 0 unspecified atom stereocenters. The van der Waals surface area contributed by atoms with Gasteiger partial charge in [0.25, 0.3) is 0 Å². The molecule has 1 aromatic carbocycles. The van der Waals surface area contributed by atoms with E-state index in [-0.39, 0.29) is 4.21 Å². The number of benzene rings is 1. The summed E-state index contributed by atoms with van der Waals surface area (Å²) in [5, 5.41) is 8.99. The van der Waals surface area contributed by atoms with Crippen LogP contribution in [0.15, 0.2) is 34.7 Å². The molecule has 0 radical (unpaired) electrons. The van der Waals surface area contributed by atoms with Crippen LogP contribution >= 0.6 is 11.3 Å². The number of nitrogens with one attached hydrogen (secondary N) is 1. The normalized spacial score (nSPS) is 26.1. The molecule has 2 aromatic rings. The SMILES string of the molecule is NS(=O)(=O)c1cnc(NC[C@@H]2C[C@]23CCc2ccccc23)s1. The summed E-state index contributed by atoms with van der Waals surface area (Å²) in [5.74, 6) is 0.595. The smallest absolute Gasteiger partial charge is 0.249 e. The molecule has 3 N–H and O–H groups in total. The number of hydrogen-bond donors (Lipinski definition) is 2. The van der Waals surface area contributed by atoms with Crippen LogP contribution in [0.2, 0.25) is 0 Å². The molecule has 5 nitrogen and oxygen atoms in total. The molecule has 1 fully saturated rings. The number of anilines is 1. The van der Waals surface area contributed by atoms with Crippen LogP contribution in [0.3, 0.4) is 0 Å². The summed E-state index contributed by atoms with van der Waals surface area (Å²) in [6, 6.07) is 8.71. The van der Waals surface area contributed by atoms with Gasteiger partial charge in [-0.15, -0.1) is 0 Å². The molecule has 1 saturated carbocycles. The zero-order valence-corrected chi connectivity index (χ0v) is 13.6. The molecular weight excluding hydrogens is 318 g/mol. The number of nitrogens with zero attached hydrogens (tertiary/aromatic N) is 1. The van der Waals surface area contributed by atoms with Crippen molar-refractivity contribution in [1.82, 2.24) is 4.98 Å². The van der Waals surface area contributed by atoms with E-state index in [1.165, 1.54) is 36.6 Å². The van der Waals surface area contributed by atoms with E-state index in [4.69, 9.17) is 5.14 Å². The van der Waals surface area contributed by atoms with E-state index in [1.54, 1.807) is 0 Å². The topological polar surface area (TPSA) is 85.1 Å². The fourth-order valence-corrected chi connectivity index (χ4v) is 5.14. The molecular formula is C15H17N3O2S2. The van der Waals surface area contributed by atoms with Gasteiger partial charge in [-0.05, 0) is 36.3 Å². The van der Waals surface area contributed by atoms with E-state index in [2.05, 4.69) is 34.6 Å². The number of primary sulfonamides is 1. The third kappa shape index (κ3) is 2.24. The third-order valence-corrected chi connectivity index (χ3v) is 7.25. The first-order valence-electron chi connectivity index (χ1n) is 7.30. The summed E-state index contributed by atoms with van der Waals surface area (Å²) >= 11 is 1.09. The zero-order chi connectivity index (χ0) is 15.4. The summed E-state index contributed by atoms with van der Waals surface area (Å²) in [6.07, 6.45) is 4.90. The van der Waals surface area contributed by atoms with E-state index >= 15 is 0 Å². The summed E-state index contributed by atoms with van der Waals surface area (Å²) in [6.45, 7) is 0.825. The lowest BCUT2D eigenvalue weighted by Gasteiger charge is -2.11. The molecule has 116 valence electrons. The van der Waals surface area contributed by atoms with Gasteiger partial charge < -0.3 is 5.32 Å². The minimum atomic E-state index is -3.65. The Labute approximate surface area is 133 Å². The minimum absolute atomic E-state index is 0.103. The quantitative estimate of drug-likeness (QED) is 0.896. The van der Waals surface area contributed by atoms with Gasteiger partial charge in [-0.3, -0.25) is 0 Å². The van der Waals surface area contributed by atoms with Crippen molar-refractivity contribution in [3.05, 3.63) is 41.6 Å². The van der Waals surface area contributed by atoms with E-state index in [9.17, 15) is 8.42 Å². The van der Waals surface area contributed by atoms with Gasteiger partial charge in [0, 0.05) is 12.0 Å². The van der Waals surface area contributed by atoms with Crippen LogP contribution < -0.4 is 10.5 Å². The molecule has 7 heteroatoms. The van der Waals surface area contributed by atoms with Gasteiger partial charge in [0.1, 0.15) is 0 Å². The fraction of sp³-hybridized carbons (Fsp3) is 0.400. The number of thiazole rings is 1. The summed E-state index contributed by atoms with van der Waals surface area (Å²) in [7, 11) is -3.65. The second kappa shape index (κ2) is 4.78. The summed E-state index contributed by atoms with van der Waals surface area (Å²) in [4.78, 5) is 4.09.